The lowest BCUT2D eigenvalue weighted by molar-refractivity contribution is -0.137. The minimum absolute atomic E-state index is 0.0498. The van der Waals surface area contributed by atoms with Crippen LogP contribution in [-0.4, -0.2) is 28.8 Å². The highest BCUT2D eigenvalue weighted by molar-refractivity contribution is 6.30. The van der Waals surface area contributed by atoms with Crippen molar-refractivity contribution in [2.24, 2.45) is 5.92 Å². The average Bonchev–Trinajstić information content (AvgIpc) is 3.32. The number of rotatable bonds is 6. The smallest absolute Gasteiger partial charge is 0.418 e. The van der Waals surface area contributed by atoms with Crippen molar-refractivity contribution in [3.63, 3.8) is 0 Å². The number of carbonyl (C=O) groups is 2. The summed E-state index contributed by atoms with van der Waals surface area (Å²) in [5.41, 5.74) is 1.72. The minimum atomic E-state index is -4.79. The molecule has 1 saturated carbocycles. The maximum atomic E-state index is 14.2. The summed E-state index contributed by atoms with van der Waals surface area (Å²) in [5.74, 6) is -2.15. The van der Waals surface area contributed by atoms with Crippen molar-refractivity contribution in [2.75, 3.05) is 12.4 Å². The molecule has 212 valence electrons. The number of methoxy groups -OCH3 is 1. The number of nitrogens with one attached hydrogen (secondary N) is 1. The summed E-state index contributed by atoms with van der Waals surface area (Å²) in [6, 6.07) is 10.3. The second-order valence-electron chi connectivity index (χ2n) is 10.5. The Hall–Kier alpha value is -3.33. The van der Waals surface area contributed by atoms with E-state index in [0.29, 0.717) is 5.02 Å². The zero-order valence-corrected chi connectivity index (χ0v) is 22.9. The number of halogens is 4. The first-order chi connectivity index (χ1) is 19.2. The standard InChI is InChI=1S/C30H31ClF3N3O3/c1-40-29(39)19-11-16-25(23(17-19)30(32,33)34)35-28(38)26(18-7-3-2-4-8-18)27-22-9-5-6-10-24(22)36-37(27)21-14-12-20(31)13-15-21/h11-18,26H,2-10H2,1H3,(H,35,38). The third-order valence-electron chi connectivity index (χ3n) is 7.97. The van der Waals surface area contributed by atoms with Crippen LogP contribution >= 0.6 is 11.6 Å². The monoisotopic (exact) mass is 573 g/mol. The van der Waals surface area contributed by atoms with Crippen LogP contribution < -0.4 is 5.32 Å². The van der Waals surface area contributed by atoms with E-state index in [2.05, 4.69) is 10.1 Å². The lowest BCUT2D eigenvalue weighted by Crippen LogP contribution is -2.32. The molecule has 2 aliphatic rings. The first-order valence-corrected chi connectivity index (χ1v) is 14.0. The van der Waals surface area contributed by atoms with Gasteiger partial charge in [-0.25, -0.2) is 9.48 Å². The molecule has 1 unspecified atom stereocenters. The highest BCUT2D eigenvalue weighted by Crippen LogP contribution is 2.42. The van der Waals surface area contributed by atoms with Gasteiger partial charge in [0.15, 0.2) is 0 Å². The second kappa shape index (κ2) is 11.6. The van der Waals surface area contributed by atoms with Crippen LogP contribution in [0.25, 0.3) is 5.69 Å². The molecule has 2 aromatic carbocycles. The van der Waals surface area contributed by atoms with E-state index in [-0.39, 0.29) is 11.5 Å². The van der Waals surface area contributed by atoms with Gasteiger partial charge < -0.3 is 10.1 Å². The lowest BCUT2D eigenvalue weighted by atomic mass is 9.76. The molecule has 3 aromatic rings. The third kappa shape index (κ3) is 5.75. The zero-order valence-electron chi connectivity index (χ0n) is 22.2. The molecule has 1 N–H and O–H groups in total. The number of ether oxygens (including phenoxy) is 1. The van der Waals surface area contributed by atoms with E-state index in [1.807, 2.05) is 12.1 Å². The molecule has 1 atom stereocenters. The van der Waals surface area contributed by atoms with Crippen molar-refractivity contribution < 1.29 is 27.5 Å². The third-order valence-corrected chi connectivity index (χ3v) is 8.22. The number of esters is 1. The normalized spacial score (nSPS) is 16.7. The molecule has 2 aliphatic carbocycles. The minimum Gasteiger partial charge on any atom is -0.465 e. The van der Waals surface area contributed by atoms with Gasteiger partial charge in [-0.3, -0.25) is 4.79 Å². The predicted molar refractivity (Wildman–Crippen MR) is 146 cm³/mol. The zero-order chi connectivity index (χ0) is 28.4. The molecule has 0 aliphatic heterocycles. The van der Waals surface area contributed by atoms with Gasteiger partial charge in [0.1, 0.15) is 0 Å². The van der Waals surface area contributed by atoms with Gasteiger partial charge in [0.25, 0.3) is 0 Å². The molecule has 1 aromatic heterocycles. The first-order valence-electron chi connectivity index (χ1n) is 13.6. The number of aromatic nitrogens is 2. The van der Waals surface area contributed by atoms with Gasteiger partial charge in [0, 0.05) is 5.02 Å². The molecule has 0 spiro atoms. The molecule has 6 nitrogen and oxygen atoms in total. The fourth-order valence-corrected chi connectivity index (χ4v) is 6.17. The molecular formula is C30H31ClF3N3O3. The summed E-state index contributed by atoms with van der Waals surface area (Å²) in [4.78, 5) is 26.1. The maximum absolute atomic E-state index is 14.2. The number of aryl methyl sites for hydroxylation is 1. The van der Waals surface area contributed by atoms with Crippen LogP contribution in [0, 0.1) is 5.92 Å². The van der Waals surface area contributed by atoms with Crippen LogP contribution in [0.3, 0.4) is 0 Å². The Bertz CT molecular complexity index is 1400. The van der Waals surface area contributed by atoms with Gasteiger partial charge in [-0.2, -0.15) is 18.3 Å². The largest absolute Gasteiger partial charge is 0.465 e. The van der Waals surface area contributed by atoms with Gasteiger partial charge in [-0.15, -0.1) is 0 Å². The number of anilines is 1. The molecule has 5 rings (SSSR count). The maximum Gasteiger partial charge on any atom is 0.418 e. The molecule has 10 heteroatoms. The molecule has 0 saturated heterocycles. The number of carbonyl (C=O) groups excluding carboxylic acids is 2. The topological polar surface area (TPSA) is 73.2 Å². The fourth-order valence-electron chi connectivity index (χ4n) is 6.05. The SMILES string of the molecule is COC(=O)c1ccc(NC(=O)C(c2c3c(nn2-c2ccc(Cl)cc2)CCCC3)C2CCCCC2)c(C(F)(F)F)c1. The molecule has 1 heterocycles. The summed E-state index contributed by atoms with van der Waals surface area (Å²) in [6.07, 6.45) is 3.26. The second-order valence-corrected chi connectivity index (χ2v) is 11.0. The molecular weight excluding hydrogens is 543 g/mol. The lowest BCUT2D eigenvalue weighted by Gasteiger charge is -2.31. The molecule has 1 amide bonds. The highest BCUT2D eigenvalue weighted by atomic mass is 35.5. The highest BCUT2D eigenvalue weighted by Gasteiger charge is 2.40. The van der Waals surface area contributed by atoms with E-state index in [0.717, 1.165) is 99.7 Å². The predicted octanol–water partition coefficient (Wildman–Crippen LogP) is 7.51. The van der Waals surface area contributed by atoms with E-state index >= 15 is 0 Å². The summed E-state index contributed by atoms with van der Waals surface area (Å²) in [6.45, 7) is 0. The number of fused-ring (bicyclic) bond motifs is 1. The van der Waals surface area contributed by atoms with Crippen molar-refractivity contribution >= 4 is 29.2 Å². The van der Waals surface area contributed by atoms with E-state index in [1.165, 1.54) is 6.07 Å². The Morgan fingerprint density at radius 1 is 1.02 bits per heavy atom. The van der Waals surface area contributed by atoms with Crippen molar-refractivity contribution in [1.29, 1.82) is 0 Å². The Morgan fingerprint density at radius 3 is 2.40 bits per heavy atom. The Kier molecular flexibility index (Phi) is 8.21. The van der Waals surface area contributed by atoms with Gasteiger partial charge in [0.05, 0.1) is 46.9 Å². The van der Waals surface area contributed by atoms with E-state index in [9.17, 15) is 22.8 Å². The molecule has 0 radical (unpaired) electrons. The van der Waals surface area contributed by atoms with Crippen molar-refractivity contribution in [2.45, 2.75) is 69.9 Å². The quantitative estimate of drug-likeness (QED) is 0.310. The van der Waals surface area contributed by atoms with Gasteiger partial charge >= 0.3 is 12.1 Å². The number of hydrogen-bond acceptors (Lipinski definition) is 4. The van der Waals surface area contributed by atoms with Crippen molar-refractivity contribution in [3.05, 3.63) is 75.6 Å². The van der Waals surface area contributed by atoms with Crippen LogP contribution in [0.1, 0.15) is 83.7 Å². The van der Waals surface area contributed by atoms with Crippen LogP contribution in [0.4, 0.5) is 18.9 Å². The Labute approximate surface area is 235 Å². The summed E-state index contributed by atoms with van der Waals surface area (Å²) < 4.78 is 48.7. The molecule has 1 fully saturated rings. The summed E-state index contributed by atoms with van der Waals surface area (Å²) in [5, 5.41) is 8.09. The summed E-state index contributed by atoms with van der Waals surface area (Å²) in [7, 11) is 1.10. The first kappa shape index (κ1) is 28.2. The van der Waals surface area contributed by atoms with Crippen molar-refractivity contribution in [3.8, 4) is 5.69 Å². The molecule has 40 heavy (non-hydrogen) atoms. The summed E-state index contributed by atoms with van der Waals surface area (Å²) >= 11 is 6.14. The van der Waals surface area contributed by atoms with Gasteiger partial charge in [-0.1, -0.05) is 30.9 Å². The van der Waals surface area contributed by atoms with Crippen LogP contribution in [0.5, 0.6) is 0 Å². The van der Waals surface area contributed by atoms with Crippen molar-refractivity contribution in [1.82, 2.24) is 9.78 Å². The number of amides is 1. The van der Waals surface area contributed by atoms with Gasteiger partial charge in [-0.05, 0) is 92.5 Å². The van der Waals surface area contributed by atoms with Crippen LogP contribution in [0.15, 0.2) is 42.5 Å². The van der Waals surface area contributed by atoms with E-state index in [4.69, 9.17) is 16.7 Å². The van der Waals surface area contributed by atoms with Gasteiger partial charge in [0.2, 0.25) is 5.91 Å². The number of hydrogen-bond donors (Lipinski definition) is 1. The molecule has 0 bridgehead atoms. The number of alkyl halides is 3. The Morgan fingerprint density at radius 2 is 1.73 bits per heavy atom. The fraction of sp³-hybridized carbons (Fsp3) is 0.433. The Balaban J connectivity index is 1.61. The average molecular weight is 574 g/mol. The van der Waals surface area contributed by atoms with Crippen LogP contribution in [0.2, 0.25) is 5.02 Å². The van der Waals surface area contributed by atoms with E-state index in [1.54, 1.807) is 16.8 Å². The number of nitrogens with zero attached hydrogens (tertiary/aromatic N) is 2. The number of benzene rings is 2. The van der Waals surface area contributed by atoms with Crippen LogP contribution in [-0.2, 0) is 28.5 Å². The van der Waals surface area contributed by atoms with E-state index < -0.39 is 35.2 Å².